The fraction of sp³-hybridized carbons (Fsp3) is 0.133. The second-order valence-electron chi connectivity index (χ2n) is 4.76. The normalized spacial score (nSPS) is 16.6. The number of amides is 1. The summed E-state index contributed by atoms with van der Waals surface area (Å²) in [5.74, 6) is -0.253. The molecule has 0 fully saturated rings. The molecule has 100 valence electrons. The summed E-state index contributed by atoms with van der Waals surface area (Å²) in [7, 11) is 0. The zero-order valence-electron chi connectivity index (χ0n) is 10.6. The molecule has 3 rings (SSSR count). The number of para-hydroxylation sites is 1. The first kappa shape index (κ1) is 12.3. The Morgan fingerprint density at radius 3 is 2.50 bits per heavy atom. The van der Waals surface area contributed by atoms with Crippen molar-refractivity contribution in [3.63, 3.8) is 0 Å². The molecule has 2 aromatic carbocycles. The van der Waals surface area contributed by atoms with E-state index in [9.17, 15) is 14.9 Å². The van der Waals surface area contributed by atoms with Crippen molar-refractivity contribution in [1.29, 1.82) is 0 Å². The molecule has 5 heteroatoms. The van der Waals surface area contributed by atoms with Crippen LogP contribution in [0, 0.1) is 10.1 Å². The molecule has 0 bridgehead atoms. The average Bonchev–Trinajstić information content (AvgIpc) is 2.76. The predicted molar refractivity (Wildman–Crippen MR) is 74.6 cm³/mol. The fourth-order valence-electron chi connectivity index (χ4n) is 2.47. The van der Waals surface area contributed by atoms with Crippen molar-refractivity contribution in [3.8, 4) is 0 Å². The zero-order chi connectivity index (χ0) is 14.1. The third-order valence-electron chi connectivity index (χ3n) is 3.50. The molecular weight excluding hydrogens is 256 g/mol. The summed E-state index contributed by atoms with van der Waals surface area (Å²) in [4.78, 5) is 22.2. The first-order chi connectivity index (χ1) is 9.65. The maximum atomic E-state index is 12.0. The van der Waals surface area contributed by atoms with Crippen LogP contribution in [-0.4, -0.2) is 10.8 Å². The standard InChI is InChI=1S/C15H12N2O3/c18-15-13(12-3-1-2-4-14(12)16-15)9-10-5-7-11(8-6-10)17(19)20/h1-8,13H,9H2,(H,16,18)/t13-/m0/s1. The Labute approximate surface area is 115 Å². The number of carbonyl (C=O) groups excluding carboxylic acids is 1. The van der Waals surface area contributed by atoms with E-state index < -0.39 is 4.92 Å². The van der Waals surface area contributed by atoms with Gasteiger partial charge >= 0.3 is 0 Å². The van der Waals surface area contributed by atoms with Gasteiger partial charge in [0, 0.05) is 17.8 Å². The Bertz CT molecular complexity index is 680. The van der Waals surface area contributed by atoms with Crippen LogP contribution in [0.4, 0.5) is 11.4 Å². The van der Waals surface area contributed by atoms with Crippen molar-refractivity contribution < 1.29 is 9.72 Å². The average molecular weight is 268 g/mol. The fourth-order valence-corrected chi connectivity index (χ4v) is 2.47. The van der Waals surface area contributed by atoms with E-state index in [0.717, 1.165) is 16.8 Å². The van der Waals surface area contributed by atoms with Crippen LogP contribution in [-0.2, 0) is 11.2 Å². The lowest BCUT2D eigenvalue weighted by Crippen LogP contribution is -2.14. The molecule has 1 N–H and O–H groups in total. The monoisotopic (exact) mass is 268 g/mol. The predicted octanol–water partition coefficient (Wildman–Crippen LogP) is 2.87. The summed E-state index contributed by atoms with van der Waals surface area (Å²) < 4.78 is 0. The number of nitro groups is 1. The van der Waals surface area contributed by atoms with Gasteiger partial charge in [0.05, 0.1) is 10.8 Å². The summed E-state index contributed by atoms with van der Waals surface area (Å²) in [5.41, 5.74) is 2.80. The van der Waals surface area contributed by atoms with Gasteiger partial charge in [-0.05, 0) is 23.6 Å². The van der Waals surface area contributed by atoms with Crippen molar-refractivity contribution in [2.24, 2.45) is 0 Å². The van der Waals surface area contributed by atoms with Crippen molar-refractivity contribution in [3.05, 3.63) is 69.8 Å². The minimum absolute atomic E-state index is 0.0236. The molecule has 0 unspecified atom stereocenters. The number of nitrogens with one attached hydrogen (secondary N) is 1. The minimum atomic E-state index is -0.429. The first-order valence-electron chi connectivity index (χ1n) is 6.28. The third kappa shape index (κ3) is 2.14. The summed E-state index contributed by atoms with van der Waals surface area (Å²) >= 11 is 0. The van der Waals surface area contributed by atoms with Crippen molar-refractivity contribution in [1.82, 2.24) is 0 Å². The molecule has 1 atom stereocenters. The molecule has 1 aliphatic rings. The summed E-state index contributed by atoms with van der Waals surface area (Å²) in [6.07, 6.45) is 0.543. The van der Waals surface area contributed by atoms with Gasteiger partial charge in [-0.1, -0.05) is 30.3 Å². The number of anilines is 1. The van der Waals surface area contributed by atoms with Crippen LogP contribution in [0.15, 0.2) is 48.5 Å². The Balaban J connectivity index is 1.84. The van der Waals surface area contributed by atoms with Crippen LogP contribution >= 0.6 is 0 Å². The van der Waals surface area contributed by atoms with E-state index in [1.165, 1.54) is 12.1 Å². The van der Waals surface area contributed by atoms with E-state index in [1.807, 2.05) is 24.3 Å². The Hall–Kier alpha value is -2.69. The van der Waals surface area contributed by atoms with Gasteiger partial charge in [-0.15, -0.1) is 0 Å². The molecule has 1 aliphatic heterocycles. The number of benzene rings is 2. The van der Waals surface area contributed by atoms with Crippen LogP contribution in [0.25, 0.3) is 0 Å². The molecule has 5 nitrogen and oxygen atoms in total. The summed E-state index contributed by atoms with van der Waals surface area (Å²) in [6, 6.07) is 13.9. The number of nitro benzene ring substituents is 1. The highest BCUT2D eigenvalue weighted by molar-refractivity contribution is 6.03. The molecule has 1 amide bonds. The van der Waals surface area contributed by atoms with Crippen molar-refractivity contribution in [2.75, 3.05) is 5.32 Å². The number of fused-ring (bicyclic) bond motifs is 1. The SMILES string of the molecule is O=C1Nc2ccccc2[C@@H]1Cc1ccc([N+](=O)[O-])cc1. The highest BCUT2D eigenvalue weighted by Crippen LogP contribution is 2.34. The molecule has 0 aliphatic carbocycles. The second-order valence-corrected chi connectivity index (χ2v) is 4.76. The van der Waals surface area contributed by atoms with Gasteiger partial charge in [-0.25, -0.2) is 0 Å². The number of non-ortho nitro benzene ring substituents is 1. The van der Waals surface area contributed by atoms with Gasteiger partial charge in [0.15, 0.2) is 0 Å². The van der Waals surface area contributed by atoms with E-state index >= 15 is 0 Å². The molecule has 0 saturated carbocycles. The zero-order valence-corrected chi connectivity index (χ0v) is 10.6. The smallest absolute Gasteiger partial charge is 0.269 e. The minimum Gasteiger partial charge on any atom is -0.325 e. The molecule has 0 radical (unpaired) electrons. The first-order valence-corrected chi connectivity index (χ1v) is 6.28. The van der Waals surface area contributed by atoms with E-state index in [0.29, 0.717) is 6.42 Å². The maximum Gasteiger partial charge on any atom is 0.269 e. The van der Waals surface area contributed by atoms with Gasteiger partial charge in [0.25, 0.3) is 5.69 Å². The highest BCUT2D eigenvalue weighted by atomic mass is 16.6. The lowest BCUT2D eigenvalue weighted by atomic mass is 9.93. The Kier molecular flexibility index (Phi) is 2.95. The van der Waals surface area contributed by atoms with Crippen LogP contribution < -0.4 is 5.32 Å². The van der Waals surface area contributed by atoms with Gasteiger partial charge in [-0.2, -0.15) is 0 Å². The van der Waals surface area contributed by atoms with Crippen LogP contribution in [0.1, 0.15) is 17.0 Å². The second kappa shape index (κ2) is 4.77. The van der Waals surface area contributed by atoms with Gasteiger partial charge in [0.2, 0.25) is 5.91 Å². The number of nitrogens with zero attached hydrogens (tertiary/aromatic N) is 1. The maximum absolute atomic E-state index is 12.0. The van der Waals surface area contributed by atoms with Crippen LogP contribution in [0.3, 0.4) is 0 Å². The molecule has 0 spiro atoms. The molecule has 2 aromatic rings. The molecule has 0 aromatic heterocycles. The highest BCUT2D eigenvalue weighted by Gasteiger charge is 2.30. The molecular formula is C15H12N2O3. The lowest BCUT2D eigenvalue weighted by molar-refractivity contribution is -0.384. The van der Waals surface area contributed by atoms with E-state index in [-0.39, 0.29) is 17.5 Å². The lowest BCUT2D eigenvalue weighted by Gasteiger charge is -2.08. The topological polar surface area (TPSA) is 72.2 Å². The van der Waals surface area contributed by atoms with E-state index in [1.54, 1.807) is 12.1 Å². The number of carbonyl (C=O) groups is 1. The number of hydrogen-bond acceptors (Lipinski definition) is 3. The largest absolute Gasteiger partial charge is 0.325 e. The van der Waals surface area contributed by atoms with Crippen molar-refractivity contribution in [2.45, 2.75) is 12.3 Å². The Morgan fingerprint density at radius 2 is 1.80 bits per heavy atom. The number of hydrogen-bond donors (Lipinski definition) is 1. The Morgan fingerprint density at radius 1 is 1.10 bits per heavy atom. The molecule has 1 heterocycles. The van der Waals surface area contributed by atoms with Gasteiger partial charge < -0.3 is 5.32 Å². The van der Waals surface area contributed by atoms with E-state index in [2.05, 4.69) is 5.32 Å². The van der Waals surface area contributed by atoms with Gasteiger partial charge in [0.1, 0.15) is 0 Å². The van der Waals surface area contributed by atoms with Crippen LogP contribution in [0.2, 0.25) is 0 Å². The molecule has 0 saturated heterocycles. The quantitative estimate of drug-likeness (QED) is 0.687. The van der Waals surface area contributed by atoms with Gasteiger partial charge in [-0.3, -0.25) is 14.9 Å². The summed E-state index contributed by atoms with van der Waals surface area (Å²) in [6.45, 7) is 0. The van der Waals surface area contributed by atoms with E-state index in [4.69, 9.17) is 0 Å². The number of rotatable bonds is 3. The van der Waals surface area contributed by atoms with Crippen LogP contribution in [0.5, 0.6) is 0 Å². The molecule has 20 heavy (non-hydrogen) atoms. The third-order valence-corrected chi connectivity index (χ3v) is 3.50. The van der Waals surface area contributed by atoms with Crippen molar-refractivity contribution >= 4 is 17.3 Å². The summed E-state index contributed by atoms with van der Waals surface area (Å²) in [5, 5.41) is 13.5.